The van der Waals surface area contributed by atoms with Gasteiger partial charge in [0.15, 0.2) is 0 Å². The van der Waals surface area contributed by atoms with Gasteiger partial charge in [0.25, 0.3) is 0 Å². The molecule has 110 valence electrons. The summed E-state index contributed by atoms with van der Waals surface area (Å²) in [4.78, 5) is 12.1. The fraction of sp³-hybridized carbons (Fsp3) is 0.235. The number of urea groups is 1. The molecule has 2 aromatic carbocycles. The van der Waals surface area contributed by atoms with Crippen molar-refractivity contribution >= 4 is 11.7 Å². The van der Waals surface area contributed by atoms with E-state index < -0.39 is 0 Å². The van der Waals surface area contributed by atoms with Gasteiger partial charge in [-0.1, -0.05) is 48.5 Å². The van der Waals surface area contributed by atoms with Crippen LogP contribution in [0.4, 0.5) is 10.5 Å². The first-order valence-corrected chi connectivity index (χ1v) is 6.99. The molecule has 0 aliphatic carbocycles. The monoisotopic (exact) mass is 284 g/mol. The van der Waals surface area contributed by atoms with Crippen LogP contribution in [0.2, 0.25) is 0 Å². The van der Waals surface area contributed by atoms with Gasteiger partial charge in [-0.15, -0.1) is 0 Å². The molecule has 0 spiro atoms. The first kappa shape index (κ1) is 15.1. The Morgan fingerprint density at radius 1 is 1.10 bits per heavy atom. The summed E-state index contributed by atoms with van der Waals surface area (Å²) in [6, 6.07) is 16.8. The number of aliphatic hydroxyl groups is 1. The molecule has 0 unspecified atom stereocenters. The number of aliphatic hydroxyl groups excluding tert-OH is 1. The minimum atomic E-state index is -0.272. The van der Waals surface area contributed by atoms with Crippen molar-refractivity contribution < 1.29 is 9.90 Å². The zero-order chi connectivity index (χ0) is 15.1. The average Bonchev–Trinajstić information content (AvgIpc) is 2.50. The Balaban J connectivity index is 2.04. The zero-order valence-electron chi connectivity index (χ0n) is 12.0. The molecule has 4 heteroatoms. The van der Waals surface area contributed by atoms with Crippen molar-refractivity contribution in [2.24, 2.45) is 0 Å². The van der Waals surface area contributed by atoms with Crippen LogP contribution < -0.4 is 10.6 Å². The molecule has 2 amide bonds. The van der Waals surface area contributed by atoms with Gasteiger partial charge in [0.1, 0.15) is 0 Å². The number of rotatable bonds is 5. The molecule has 0 saturated heterocycles. The first-order chi connectivity index (χ1) is 10.2. The van der Waals surface area contributed by atoms with E-state index in [1.54, 1.807) is 0 Å². The van der Waals surface area contributed by atoms with Crippen LogP contribution in [0.25, 0.3) is 0 Å². The van der Waals surface area contributed by atoms with Crippen LogP contribution in [0.3, 0.4) is 0 Å². The highest BCUT2D eigenvalue weighted by atomic mass is 16.3. The van der Waals surface area contributed by atoms with Crippen molar-refractivity contribution in [1.82, 2.24) is 5.32 Å². The van der Waals surface area contributed by atoms with Crippen LogP contribution in [0.1, 0.15) is 23.6 Å². The number of hydrogen-bond donors (Lipinski definition) is 3. The molecule has 0 aromatic heterocycles. The molecule has 1 atom stereocenters. The maximum absolute atomic E-state index is 12.1. The quantitative estimate of drug-likeness (QED) is 0.789. The van der Waals surface area contributed by atoms with E-state index in [9.17, 15) is 9.90 Å². The first-order valence-electron chi connectivity index (χ1n) is 6.99. The van der Waals surface area contributed by atoms with Crippen LogP contribution in [0.15, 0.2) is 54.6 Å². The lowest BCUT2D eigenvalue weighted by molar-refractivity contribution is 0.239. The molecule has 0 aliphatic rings. The number of carbonyl (C=O) groups is 1. The van der Waals surface area contributed by atoms with Crippen molar-refractivity contribution in [3.05, 3.63) is 65.7 Å². The summed E-state index contributed by atoms with van der Waals surface area (Å²) >= 11 is 0. The summed E-state index contributed by atoms with van der Waals surface area (Å²) < 4.78 is 0. The lowest BCUT2D eigenvalue weighted by atomic mass is 10.0. The van der Waals surface area contributed by atoms with Gasteiger partial charge in [-0.05, 0) is 30.5 Å². The number of aryl methyl sites for hydroxylation is 1. The van der Waals surface area contributed by atoms with Gasteiger partial charge < -0.3 is 15.7 Å². The van der Waals surface area contributed by atoms with Gasteiger partial charge >= 0.3 is 6.03 Å². The number of amides is 2. The SMILES string of the molecule is Cc1ccccc1NC(=O)N[C@H](CCO)c1ccccc1. The molecule has 21 heavy (non-hydrogen) atoms. The van der Waals surface area contributed by atoms with Crippen molar-refractivity contribution in [2.45, 2.75) is 19.4 Å². The molecule has 4 nitrogen and oxygen atoms in total. The molecule has 0 radical (unpaired) electrons. The number of para-hydroxylation sites is 1. The van der Waals surface area contributed by atoms with Crippen molar-refractivity contribution in [1.29, 1.82) is 0 Å². The summed E-state index contributed by atoms with van der Waals surface area (Å²) in [5.41, 5.74) is 2.77. The Bertz CT molecular complexity index is 584. The molecule has 0 saturated carbocycles. The number of hydrogen-bond acceptors (Lipinski definition) is 2. The summed E-state index contributed by atoms with van der Waals surface area (Å²) in [6.45, 7) is 1.96. The third-order valence-electron chi connectivity index (χ3n) is 3.32. The molecular weight excluding hydrogens is 264 g/mol. The van der Waals surface area contributed by atoms with Crippen LogP contribution in [0.5, 0.6) is 0 Å². The molecule has 0 aliphatic heterocycles. The lowest BCUT2D eigenvalue weighted by Crippen LogP contribution is -2.33. The van der Waals surface area contributed by atoms with E-state index in [-0.39, 0.29) is 18.7 Å². The second kappa shape index (κ2) is 7.45. The van der Waals surface area contributed by atoms with Crippen molar-refractivity contribution in [3.8, 4) is 0 Å². The van der Waals surface area contributed by atoms with E-state index >= 15 is 0 Å². The largest absolute Gasteiger partial charge is 0.396 e. The Morgan fingerprint density at radius 2 is 1.76 bits per heavy atom. The highest BCUT2D eigenvalue weighted by molar-refractivity contribution is 5.90. The van der Waals surface area contributed by atoms with E-state index in [2.05, 4.69) is 10.6 Å². The second-order valence-electron chi connectivity index (χ2n) is 4.89. The molecule has 3 N–H and O–H groups in total. The second-order valence-corrected chi connectivity index (χ2v) is 4.89. The maximum atomic E-state index is 12.1. The topological polar surface area (TPSA) is 61.4 Å². The van der Waals surface area contributed by atoms with E-state index in [1.807, 2.05) is 61.5 Å². The minimum absolute atomic E-state index is 0.0181. The van der Waals surface area contributed by atoms with Gasteiger partial charge in [-0.3, -0.25) is 0 Å². The summed E-state index contributed by atoms with van der Waals surface area (Å²) in [5, 5.41) is 14.9. The van der Waals surface area contributed by atoms with E-state index in [4.69, 9.17) is 0 Å². The zero-order valence-corrected chi connectivity index (χ0v) is 12.0. The third-order valence-corrected chi connectivity index (χ3v) is 3.32. The summed E-state index contributed by atoms with van der Waals surface area (Å²) in [5.74, 6) is 0. The number of nitrogens with one attached hydrogen (secondary N) is 2. The predicted octanol–water partition coefficient (Wildman–Crippen LogP) is 3.24. The average molecular weight is 284 g/mol. The predicted molar refractivity (Wildman–Crippen MR) is 84.2 cm³/mol. The van der Waals surface area contributed by atoms with Gasteiger partial charge in [-0.25, -0.2) is 4.79 Å². The highest BCUT2D eigenvalue weighted by Gasteiger charge is 2.14. The molecular formula is C17H20N2O2. The normalized spacial score (nSPS) is 11.7. The van der Waals surface area contributed by atoms with Crippen molar-refractivity contribution in [3.63, 3.8) is 0 Å². The van der Waals surface area contributed by atoms with E-state index in [1.165, 1.54) is 0 Å². The van der Waals surface area contributed by atoms with E-state index in [0.29, 0.717) is 6.42 Å². The van der Waals surface area contributed by atoms with Crippen LogP contribution in [-0.2, 0) is 0 Å². The highest BCUT2D eigenvalue weighted by Crippen LogP contribution is 2.17. The van der Waals surface area contributed by atoms with Crippen LogP contribution in [0, 0.1) is 6.92 Å². The Labute approximate surface area is 124 Å². The Morgan fingerprint density at radius 3 is 2.43 bits per heavy atom. The van der Waals surface area contributed by atoms with Gasteiger partial charge in [0, 0.05) is 12.3 Å². The maximum Gasteiger partial charge on any atom is 0.319 e. The fourth-order valence-electron chi connectivity index (χ4n) is 2.17. The summed E-state index contributed by atoms with van der Waals surface area (Å²) in [7, 11) is 0. The third kappa shape index (κ3) is 4.33. The number of anilines is 1. The van der Waals surface area contributed by atoms with Crippen LogP contribution >= 0.6 is 0 Å². The molecule has 0 heterocycles. The number of carbonyl (C=O) groups excluding carboxylic acids is 1. The summed E-state index contributed by atoms with van der Waals surface area (Å²) in [6.07, 6.45) is 0.477. The molecule has 2 rings (SSSR count). The minimum Gasteiger partial charge on any atom is -0.396 e. The van der Waals surface area contributed by atoms with Gasteiger partial charge in [0.05, 0.1) is 6.04 Å². The number of benzene rings is 2. The van der Waals surface area contributed by atoms with Gasteiger partial charge in [0.2, 0.25) is 0 Å². The standard InChI is InChI=1S/C17H20N2O2/c1-13-7-5-6-10-15(13)18-17(21)19-16(11-12-20)14-8-3-2-4-9-14/h2-10,16,20H,11-12H2,1H3,(H2,18,19,21)/t16-/m1/s1. The lowest BCUT2D eigenvalue weighted by Gasteiger charge is -2.19. The molecule has 0 fully saturated rings. The van der Waals surface area contributed by atoms with Crippen molar-refractivity contribution in [2.75, 3.05) is 11.9 Å². The molecule has 0 bridgehead atoms. The van der Waals surface area contributed by atoms with E-state index in [0.717, 1.165) is 16.8 Å². The smallest absolute Gasteiger partial charge is 0.319 e. The van der Waals surface area contributed by atoms with Gasteiger partial charge in [-0.2, -0.15) is 0 Å². The fourth-order valence-corrected chi connectivity index (χ4v) is 2.17. The Kier molecular flexibility index (Phi) is 5.35. The Hall–Kier alpha value is -2.33. The molecule has 2 aromatic rings. The van der Waals surface area contributed by atoms with Crippen LogP contribution in [-0.4, -0.2) is 17.7 Å².